The number of fused-ring (bicyclic) bond motifs is 1. The van der Waals surface area contributed by atoms with Crippen LogP contribution >= 0.6 is 12.8 Å². The van der Waals surface area contributed by atoms with Gasteiger partial charge in [0.1, 0.15) is 35.2 Å². The zero-order valence-corrected chi connectivity index (χ0v) is 26.1. The summed E-state index contributed by atoms with van der Waals surface area (Å²) in [6, 6.07) is 15.4. The van der Waals surface area contributed by atoms with Crippen molar-refractivity contribution in [2.24, 2.45) is 11.3 Å². The summed E-state index contributed by atoms with van der Waals surface area (Å²) in [4.78, 5) is 46.1. The predicted molar refractivity (Wildman–Crippen MR) is 170 cm³/mol. The molecule has 10 nitrogen and oxygen atoms in total. The summed E-state index contributed by atoms with van der Waals surface area (Å²) in [6.45, 7) is 9.52. The Hall–Kier alpha value is -4.09. The third kappa shape index (κ3) is 5.98. The number of ether oxygens (including phenoxy) is 2. The topological polar surface area (TPSA) is 130 Å². The number of carboxylic acid groups (broad SMARTS) is 1. The predicted octanol–water partition coefficient (Wildman–Crippen LogP) is 4.25. The molecule has 1 aliphatic heterocycles. The maximum atomic E-state index is 13.9. The number of pyridine rings is 1. The zero-order chi connectivity index (χ0) is 31.8. The average Bonchev–Trinajstić information content (AvgIpc) is 3.56. The molecule has 1 saturated heterocycles. The highest BCUT2D eigenvalue weighted by molar-refractivity contribution is 7.78. The van der Waals surface area contributed by atoms with E-state index in [4.69, 9.17) is 14.5 Å². The summed E-state index contributed by atoms with van der Waals surface area (Å²) >= 11 is 4.22. The van der Waals surface area contributed by atoms with Gasteiger partial charge in [0, 0.05) is 35.4 Å². The van der Waals surface area contributed by atoms with Crippen molar-refractivity contribution in [3.05, 3.63) is 67.3 Å². The second-order valence-electron chi connectivity index (χ2n) is 12.5. The van der Waals surface area contributed by atoms with Crippen molar-refractivity contribution in [3.63, 3.8) is 0 Å². The van der Waals surface area contributed by atoms with Crippen molar-refractivity contribution >= 4 is 41.5 Å². The first-order valence-electron chi connectivity index (χ1n) is 14.5. The summed E-state index contributed by atoms with van der Waals surface area (Å²) in [5.74, 6) is -1.19. The lowest BCUT2D eigenvalue weighted by Gasteiger charge is -2.34. The van der Waals surface area contributed by atoms with Crippen molar-refractivity contribution < 1.29 is 29.0 Å². The monoisotopic (exact) mass is 618 g/mol. The number of rotatable bonds is 10. The molecule has 1 saturated carbocycles. The van der Waals surface area contributed by atoms with Crippen LogP contribution in [0, 0.1) is 11.3 Å². The summed E-state index contributed by atoms with van der Waals surface area (Å²) in [5, 5.41) is 13.4. The Bertz CT molecular complexity index is 1590. The van der Waals surface area contributed by atoms with E-state index in [0.29, 0.717) is 22.7 Å². The van der Waals surface area contributed by atoms with Gasteiger partial charge in [0.2, 0.25) is 11.8 Å². The Labute approximate surface area is 262 Å². The Morgan fingerprint density at radius 2 is 1.91 bits per heavy atom. The van der Waals surface area contributed by atoms with Crippen LogP contribution in [0.25, 0.3) is 22.2 Å². The van der Waals surface area contributed by atoms with Crippen LogP contribution in [-0.4, -0.2) is 70.2 Å². The van der Waals surface area contributed by atoms with Gasteiger partial charge in [-0.25, -0.2) is 9.78 Å². The number of likely N-dealkylation sites (tertiary alicyclic amines) is 1. The van der Waals surface area contributed by atoms with Crippen molar-refractivity contribution in [1.29, 1.82) is 0 Å². The molecule has 1 aromatic heterocycles. The van der Waals surface area contributed by atoms with Gasteiger partial charge in [0.25, 0.3) is 0 Å². The minimum absolute atomic E-state index is 0.116. The van der Waals surface area contributed by atoms with E-state index in [1.54, 1.807) is 7.11 Å². The number of methoxy groups -OCH3 is 1. The number of hydrogen-bond acceptors (Lipinski definition) is 8. The maximum Gasteiger partial charge on any atom is 0.330 e. The first-order valence-corrected chi connectivity index (χ1v) is 15.0. The highest BCUT2D eigenvalue weighted by Gasteiger charge is 2.61. The number of nitrogens with one attached hydrogen (secondary N) is 2. The molecule has 232 valence electrons. The lowest BCUT2D eigenvalue weighted by Crippen LogP contribution is -2.57. The molecule has 2 heterocycles. The number of hydrogen-bond donors (Lipinski definition) is 4. The van der Waals surface area contributed by atoms with Gasteiger partial charge in [0.05, 0.1) is 24.9 Å². The summed E-state index contributed by atoms with van der Waals surface area (Å²) in [5.41, 5.74) is 0.316. The fraction of sp³-hybridized carbons (Fsp3) is 0.394. The Balaban J connectivity index is 1.50. The van der Waals surface area contributed by atoms with Gasteiger partial charge in [-0.05, 0) is 24.0 Å². The van der Waals surface area contributed by atoms with E-state index in [-0.39, 0.29) is 31.2 Å². The lowest BCUT2D eigenvalue weighted by molar-refractivity contribution is -0.146. The fourth-order valence-electron chi connectivity index (χ4n) is 5.82. The number of thiol groups is 1. The molecule has 11 heteroatoms. The van der Waals surface area contributed by atoms with E-state index < -0.39 is 41.0 Å². The average molecular weight is 619 g/mol. The molecular formula is C33H38N4O6S. The quantitative estimate of drug-likeness (QED) is 0.196. The third-order valence-corrected chi connectivity index (χ3v) is 8.72. The van der Waals surface area contributed by atoms with Crippen LogP contribution in [0.2, 0.25) is 0 Å². The molecule has 2 aromatic carbocycles. The molecule has 1 aliphatic carbocycles. The number of aromatic nitrogens is 1. The van der Waals surface area contributed by atoms with Crippen LogP contribution in [0.5, 0.6) is 11.5 Å². The molecule has 3 aromatic rings. The van der Waals surface area contributed by atoms with E-state index in [1.807, 2.05) is 75.4 Å². The van der Waals surface area contributed by atoms with Crippen molar-refractivity contribution in [2.75, 3.05) is 13.7 Å². The molecule has 2 amide bonds. The molecule has 2 aliphatic rings. The number of benzene rings is 2. The Morgan fingerprint density at radius 1 is 1.18 bits per heavy atom. The van der Waals surface area contributed by atoms with Crippen LogP contribution in [0.1, 0.15) is 33.6 Å². The number of carbonyl (C=O) groups is 3. The number of carboxylic acids is 1. The smallest absolute Gasteiger partial charge is 0.330 e. The molecule has 2 fully saturated rings. The fourth-order valence-corrected chi connectivity index (χ4v) is 6.31. The van der Waals surface area contributed by atoms with Gasteiger partial charge in [0.15, 0.2) is 0 Å². The molecule has 44 heavy (non-hydrogen) atoms. The Kier molecular flexibility index (Phi) is 8.64. The second-order valence-corrected chi connectivity index (χ2v) is 12.7. The van der Waals surface area contributed by atoms with Crippen LogP contribution in [0.3, 0.4) is 0 Å². The maximum absolute atomic E-state index is 13.9. The zero-order valence-electron chi connectivity index (χ0n) is 25.2. The number of aliphatic carboxylic acids is 1. The van der Waals surface area contributed by atoms with Gasteiger partial charge < -0.3 is 24.8 Å². The van der Waals surface area contributed by atoms with Crippen molar-refractivity contribution in [3.8, 4) is 22.8 Å². The van der Waals surface area contributed by atoms with E-state index in [1.165, 1.54) is 11.0 Å². The van der Waals surface area contributed by atoms with Crippen LogP contribution in [0.4, 0.5) is 0 Å². The summed E-state index contributed by atoms with van der Waals surface area (Å²) < 4.78 is 14.8. The molecule has 0 radical (unpaired) electrons. The van der Waals surface area contributed by atoms with E-state index in [0.717, 1.165) is 10.9 Å². The SMILES string of the molecule is C=CC1C[C@]1(NC(=O)[C@@H]1CC(Oc2cc(-c3ccccc3)nc3cc(OC)ccc23)CN1C(=O)[C@@H](NS)C(C)(C)C)C(=O)O. The van der Waals surface area contributed by atoms with Gasteiger partial charge in [-0.15, -0.1) is 6.58 Å². The van der Waals surface area contributed by atoms with Crippen LogP contribution in [0.15, 0.2) is 67.3 Å². The minimum atomic E-state index is -1.43. The molecule has 0 bridgehead atoms. The largest absolute Gasteiger partial charge is 0.497 e. The second kappa shape index (κ2) is 12.1. The van der Waals surface area contributed by atoms with Gasteiger partial charge in [-0.2, -0.15) is 0 Å². The molecule has 3 N–H and O–H groups in total. The van der Waals surface area contributed by atoms with E-state index >= 15 is 0 Å². The van der Waals surface area contributed by atoms with Crippen LogP contribution in [-0.2, 0) is 14.4 Å². The first-order chi connectivity index (χ1) is 20.9. The lowest BCUT2D eigenvalue weighted by atomic mass is 9.86. The number of nitrogens with zero attached hydrogens (tertiary/aromatic N) is 2. The van der Waals surface area contributed by atoms with Gasteiger partial charge in [-0.1, -0.05) is 70.0 Å². The molecule has 0 spiro atoms. The number of amides is 2. The standard InChI is InChI=1S/C33H38N4O6S/c1-6-20-17-33(20,31(40)41)35-29(38)26-15-22(18-37(26)30(39)28(36-44)32(2,3)4)43-27-16-24(19-10-8-7-9-11-19)34-25-14-21(42-5)12-13-23(25)27/h6-14,16,20,22,26,28,36,44H,1,15,17-18H2,2-5H3,(H,35,38)(H,40,41)/t20?,22?,26-,28+,33+/m0/s1. The van der Waals surface area contributed by atoms with E-state index in [9.17, 15) is 19.5 Å². The highest BCUT2D eigenvalue weighted by atomic mass is 32.1. The summed E-state index contributed by atoms with van der Waals surface area (Å²) in [6.07, 6.45) is 1.37. The third-order valence-electron chi connectivity index (χ3n) is 8.46. The van der Waals surface area contributed by atoms with Gasteiger partial charge in [-0.3, -0.25) is 14.3 Å². The molecular weight excluding hydrogens is 580 g/mol. The normalized spacial score (nSPS) is 23.6. The van der Waals surface area contributed by atoms with Crippen LogP contribution < -0.4 is 19.5 Å². The number of carbonyl (C=O) groups excluding carboxylic acids is 2. The molecule has 5 atom stereocenters. The minimum Gasteiger partial charge on any atom is -0.497 e. The highest BCUT2D eigenvalue weighted by Crippen LogP contribution is 2.45. The molecule has 5 rings (SSSR count). The van der Waals surface area contributed by atoms with Gasteiger partial charge >= 0.3 is 5.97 Å². The van der Waals surface area contributed by atoms with Crippen molar-refractivity contribution in [2.45, 2.75) is 57.3 Å². The summed E-state index contributed by atoms with van der Waals surface area (Å²) in [7, 11) is 1.59. The Morgan fingerprint density at radius 3 is 2.50 bits per heavy atom. The van der Waals surface area contributed by atoms with Crippen molar-refractivity contribution in [1.82, 2.24) is 19.9 Å². The van der Waals surface area contributed by atoms with E-state index in [2.05, 4.69) is 29.4 Å². The molecule has 2 unspecified atom stereocenters. The first kappa shape index (κ1) is 31.3.